The van der Waals surface area contributed by atoms with Crippen molar-refractivity contribution in [3.05, 3.63) is 99.3 Å². The smallest absolute Gasteiger partial charge is 0.348 e. The Morgan fingerprint density at radius 2 is 1.85 bits per heavy atom. The highest BCUT2D eigenvalue weighted by Gasteiger charge is 2.50. The molecule has 3 aliphatic heterocycles. The maximum atomic E-state index is 13.9. The lowest BCUT2D eigenvalue weighted by Gasteiger charge is -2.39. The number of fused-ring (bicyclic) bond motifs is 5. The third-order valence-corrected chi connectivity index (χ3v) is 8.60. The summed E-state index contributed by atoms with van der Waals surface area (Å²) in [6, 6.07) is 4.38. The highest BCUT2D eigenvalue weighted by Crippen LogP contribution is 2.53. The first kappa shape index (κ1) is 29.3. The van der Waals surface area contributed by atoms with E-state index in [9.17, 15) is 34.8 Å². The van der Waals surface area contributed by atoms with Crippen LogP contribution in [-0.2, 0) is 34.9 Å². The van der Waals surface area contributed by atoms with E-state index in [-0.39, 0.29) is 45.8 Å². The molecule has 2 aliphatic carbocycles. The summed E-state index contributed by atoms with van der Waals surface area (Å²) in [5, 5.41) is 44.4. The molecule has 0 aromatic heterocycles. The Morgan fingerprint density at radius 1 is 1.09 bits per heavy atom. The summed E-state index contributed by atoms with van der Waals surface area (Å²) in [5.74, 6) is -3.24. The fourth-order valence-corrected chi connectivity index (χ4v) is 6.45. The zero-order chi connectivity index (χ0) is 32.7. The number of phenols is 2. The second-order valence-electron chi connectivity index (χ2n) is 11.1. The minimum atomic E-state index is -2.29. The van der Waals surface area contributed by atoms with Crippen LogP contribution < -0.4 is 4.74 Å². The predicted molar refractivity (Wildman–Crippen MR) is 152 cm³/mol. The van der Waals surface area contributed by atoms with E-state index in [1.165, 1.54) is 44.8 Å². The van der Waals surface area contributed by atoms with Gasteiger partial charge in [0.05, 0.1) is 36.6 Å². The number of aromatic hydroxyl groups is 2. The van der Waals surface area contributed by atoms with Crippen LogP contribution in [0.25, 0.3) is 0 Å². The Hall–Kier alpha value is -5.47. The molecule has 46 heavy (non-hydrogen) atoms. The van der Waals surface area contributed by atoms with Crippen LogP contribution in [0.4, 0.5) is 0 Å². The molecule has 7 rings (SSSR count). The molecular weight excluding hydrogens is 606 g/mol. The van der Waals surface area contributed by atoms with Crippen LogP contribution in [0.5, 0.6) is 17.2 Å². The van der Waals surface area contributed by atoms with Gasteiger partial charge in [0, 0.05) is 41.8 Å². The molecule has 0 spiro atoms. The second kappa shape index (κ2) is 10.3. The van der Waals surface area contributed by atoms with E-state index >= 15 is 0 Å². The molecule has 3 heterocycles. The van der Waals surface area contributed by atoms with Gasteiger partial charge in [-0.1, -0.05) is 12.1 Å². The summed E-state index contributed by atoms with van der Waals surface area (Å²) in [4.78, 5) is 42.0. The van der Waals surface area contributed by atoms with Crippen LogP contribution in [0.2, 0.25) is 0 Å². The minimum Gasteiger partial charge on any atom is -0.507 e. The second-order valence-corrected chi connectivity index (χ2v) is 11.1. The Labute approximate surface area is 260 Å². The summed E-state index contributed by atoms with van der Waals surface area (Å²) >= 11 is 0. The van der Waals surface area contributed by atoms with Gasteiger partial charge < -0.3 is 48.8 Å². The molecular formula is C32H27NO13. The van der Waals surface area contributed by atoms with Crippen molar-refractivity contribution in [1.82, 2.24) is 4.90 Å². The van der Waals surface area contributed by atoms with Crippen LogP contribution in [0.3, 0.4) is 0 Å². The van der Waals surface area contributed by atoms with Gasteiger partial charge in [0.15, 0.2) is 23.4 Å². The Morgan fingerprint density at radius 3 is 2.57 bits per heavy atom. The number of ether oxygens (including phenoxy) is 6. The third-order valence-electron chi connectivity index (χ3n) is 8.60. The molecule has 0 amide bonds. The number of ketones is 3. The maximum absolute atomic E-state index is 13.9. The first-order valence-electron chi connectivity index (χ1n) is 14.1. The zero-order valence-corrected chi connectivity index (χ0v) is 24.7. The number of carbonyl (C=O) groups is 3. The lowest BCUT2D eigenvalue weighted by molar-refractivity contribution is -0.147. The molecule has 5 aliphatic rings. The van der Waals surface area contributed by atoms with Crippen molar-refractivity contribution in [2.75, 3.05) is 20.8 Å². The number of nitrogens with zero attached hydrogens (tertiary/aromatic N) is 1. The summed E-state index contributed by atoms with van der Waals surface area (Å²) in [6.07, 6.45) is 1.17. The fourth-order valence-electron chi connectivity index (χ4n) is 6.45. The van der Waals surface area contributed by atoms with Crippen LogP contribution in [0.1, 0.15) is 62.4 Å². The highest BCUT2D eigenvalue weighted by molar-refractivity contribution is 6.31. The summed E-state index contributed by atoms with van der Waals surface area (Å²) in [5.41, 5.74) is -3.27. The number of benzene rings is 2. The number of allylic oxidation sites excluding steroid dienone is 1. The van der Waals surface area contributed by atoms with Crippen LogP contribution >= 0.6 is 0 Å². The summed E-state index contributed by atoms with van der Waals surface area (Å²) < 4.78 is 34.0. The molecule has 2 aromatic carbocycles. The number of hydrogen-bond donors (Lipinski definition) is 4. The quantitative estimate of drug-likeness (QED) is 0.289. The van der Waals surface area contributed by atoms with E-state index in [2.05, 4.69) is 0 Å². The lowest BCUT2D eigenvalue weighted by Crippen LogP contribution is -2.47. The monoisotopic (exact) mass is 633 g/mol. The van der Waals surface area contributed by atoms with Gasteiger partial charge in [-0.2, -0.15) is 0 Å². The molecule has 0 saturated carbocycles. The van der Waals surface area contributed by atoms with Gasteiger partial charge in [-0.25, -0.2) is 0 Å². The van der Waals surface area contributed by atoms with Crippen molar-refractivity contribution in [3.63, 3.8) is 0 Å². The van der Waals surface area contributed by atoms with Crippen LogP contribution in [0.15, 0.2) is 66.0 Å². The van der Waals surface area contributed by atoms with Gasteiger partial charge in [0.1, 0.15) is 41.8 Å². The molecule has 2 aromatic rings. The Balaban J connectivity index is 1.36. The van der Waals surface area contributed by atoms with Gasteiger partial charge >= 0.3 is 5.95 Å². The Bertz CT molecular complexity index is 1890. The molecule has 14 nitrogen and oxygen atoms in total. The molecule has 4 N–H and O–H groups in total. The number of carbonyl (C=O) groups excluding carboxylic acids is 3. The van der Waals surface area contributed by atoms with Crippen molar-refractivity contribution in [3.8, 4) is 17.2 Å². The van der Waals surface area contributed by atoms with Crippen LogP contribution in [0, 0.1) is 0 Å². The van der Waals surface area contributed by atoms with E-state index in [0.717, 1.165) is 0 Å². The first-order chi connectivity index (χ1) is 22.0. The number of methoxy groups -OCH3 is 2. The molecule has 14 heteroatoms. The number of hydrogen-bond acceptors (Lipinski definition) is 14. The number of Topliss-reactive ketones (excluding diaryl/α,β-unsaturated/α-hetero) is 1. The molecule has 0 radical (unpaired) electrons. The fraction of sp³-hybridized carbons (Fsp3) is 0.281. The maximum Gasteiger partial charge on any atom is 0.348 e. The third kappa shape index (κ3) is 4.00. The standard InChI is InChI=1S/C32H27NO13/c1-13-29-16(33-7-8-43-31(42-3)30(33)46-29)9-20(44-13)45-18-11-32(40,19(35)12-34)10-15-22(18)28(39)24-23(26(15)37)25(36)14-5-4-6-17(41-2)21(14)27(24)38/h4-9,13,18,34,37,39-40H,10-12H2,1-3H3/t13-,18-,32-/m0/s1. The zero-order valence-electron chi connectivity index (χ0n) is 24.7. The van der Waals surface area contributed by atoms with Gasteiger partial charge in [0.25, 0.3) is 11.8 Å². The Kier molecular flexibility index (Phi) is 6.54. The van der Waals surface area contributed by atoms with Crippen molar-refractivity contribution in [2.45, 2.75) is 37.6 Å². The number of aliphatic hydroxyl groups excluding tert-OH is 1. The SMILES string of the molecule is COC1=C2OC3=C(C=C(O[C@H]4C[C@](O)(C(=O)CO)Cc5c(O)c6c(c(O)c54)C(=O)c4c(OC)cccc4C6=O)O[C@H]3C)N2C=CO1. The minimum absolute atomic E-state index is 0.0587. The van der Waals surface area contributed by atoms with Gasteiger partial charge in [-0.05, 0) is 13.0 Å². The molecule has 238 valence electrons. The molecule has 0 unspecified atom stereocenters. The number of rotatable bonds is 6. The van der Waals surface area contributed by atoms with E-state index in [4.69, 9.17) is 28.4 Å². The molecule has 0 saturated heterocycles. The van der Waals surface area contributed by atoms with Gasteiger partial charge in [-0.3, -0.25) is 19.3 Å². The molecule has 0 bridgehead atoms. The van der Waals surface area contributed by atoms with Crippen molar-refractivity contribution < 1.29 is 63.2 Å². The van der Waals surface area contributed by atoms with Crippen molar-refractivity contribution in [2.24, 2.45) is 0 Å². The van der Waals surface area contributed by atoms with Crippen molar-refractivity contribution >= 4 is 17.3 Å². The molecule has 0 fully saturated rings. The largest absolute Gasteiger partial charge is 0.507 e. The van der Waals surface area contributed by atoms with Crippen molar-refractivity contribution in [1.29, 1.82) is 0 Å². The van der Waals surface area contributed by atoms with Gasteiger partial charge in [0.2, 0.25) is 5.78 Å². The van der Waals surface area contributed by atoms with Gasteiger partial charge in [-0.15, -0.1) is 0 Å². The van der Waals surface area contributed by atoms with E-state index < -0.39 is 77.2 Å². The summed E-state index contributed by atoms with van der Waals surface area (Å²) in [6.45, 7) is 0.641. The average Bonchev–Trinajstić information content (AvgIpc) is 3.43. The average molecular weight is 634 g/mol. The first-order valence-corrected chi connectivity index (χ1v) is 14.1. The van der Waals surface area contributed by atoms with E-state index in [0.29, 0.717) is 11.5 Å². The van der Waals surface area contributed by atoms with Crippen LogP contribution in [-0.4, -0.2) is 75.2 Å². The normalized spacial score (nSPS) is 24.0. The predicted octanol–water partition coefficient (Wildman–Crippen LogP) is 2.26. The van der Waals surface area contributed by atoms with E-state index in [1.54, 1.807) is 18.0 Å². The number of phenolic OH excluding ortho intramolecular Hbond substituents is 2. The van der Waals surface area contributed by atoms with E-state index in [1.807, 2.05) is 0 Å². The molecule has 3 atom stereocenters. The number of aliphatic hydroxyl groups is 2. The highest BCUT2D eigenvalue weighted by atomic mass is 16.7. The summed E-state index contributed by atoms with van der Waals surface area (Å²) in [7, 11) is 2.74. The lowest BCUT2D eigenvalue weighted by atomic mass is 9.72. The topological polar surface area (TPSA) is 191 Å².